The second kappa shape index (κ2) is 9.41. The quantitative estimate of drug-likeness (QED) is 0.598. The number of carbonyl (C=O) groups excluding carboxylic acids is 1. The molecule has 1 aliphatic rings. The number of piperazine rings is 1. The second-order valence-electron chi connectivity index (χ2n) is 7.68. The molecular formula is C24H27N3O2S. The van der Waals surface area contributed by atoms with Crippen LogP contribution in [0.2, 0.25) is 0 Å². The Kier molecular flexibility index (Phi) is 6.45. The van der Waals surface area contributed by atoms with Gasteiger partial charge in [0.25, 0.3) is 5.91 Å². The predicted octanol–water partition coefficient (Wildman–Crippen LogP) is 4.23. The van der Waals surface area contributed by atoms with E-state index in [1.165, 1.54) is 5.56 Å². The first kappa shape index (κ1) is 20.6. The van der Waals surface area contributed by atoms with Crippen LogP contribution in [0.5, 0.6) is 5.75 Å². The Morgan fingerprint density at radius 1 is 1.07 bits per heavy atom. The lowest BCUT2D eigenvalue weighted by Gasteiger charge is -2.35. The molecule has 2 aromatic carbocycles. The molecule has 156 valence electrons. The van der Waals surface area contributed by atoms with Crippen LogP contribution in [0, 0.1) is 6.92 Å². The zero-order valence-electron chi connectivity index (χ0n) is 17.5. The third-order valence-electron chi connectivity index (χ3n) is 5.32. The molecule has 6 heteroatoms. The summed E-state index contributed by atoms with van der Waals surface area (Å²) in [7, 11) is 0. The highest BCUT2D eigenvalue weighted by Gasteiger charge is 2.26. The van der Waals surface area contributed by atoms with Crippen molar-refractivity contribution in [1.29, 1.82) is 0 Å². The van der Waals surface area contributed by atoms with Crippen molar-refractivity contribution in [2.24, 2.45) is 0 Å². The average molecular weight is 422 g/mol. The van der Waals surface area contributed by atoms with E-state index in [4.69, 9.17) is 9.72 Å². The molecule has 1 atom stereocenters. The standard InChI is InChI=1S/C24H27N3O2S/c1-18-8-10-22(11-9-18)29-19(2)24(28)27-14-12-26(13-15-27)16-21-17-30-23(25-21)20-6-4-3-5-7-20/h3-11,17,19H,12-16H2,1-2H3. The van der Waals surface area contributed by atoms with Gasteiger partial charge in [0, 0.05) is 43.7 Å². The van der Waals surface area contributed by atoms with E-state index in [-0.39, 0.29) is 5.91 Å². The Labute approximate surface area is 181 Å². The maximum Gasteiger partial charge on any atom is 0.263 e. The maximum absolute atomic E-state index is 12.8. The number of rotatable bonds is 6. The number of ether oxygens (including phenoxy) is 1. The summed E-state index contributed by atoms with van der Waals surface area (Å²) in [5.74, 6) is 0.785. The van der Waals surface area contributed by atoms with Crippen LogP contribution in [0.1, 0.15) is 18.2 Å². The number of nitrogens with zero attached hydrogens (tertiary/aromatic N) is 3. The largest absolute Gasteiger partial charge is 0.481 e. The maximum atomic E-state index is 12.8. The molecule has 0 N–H and O–H groups in total. The zero-order valence-corrected chi connectivity index (χ0v) is 18.3. The van der Waals surface area contributed by atoms with Gasteiger partial charge in [-0.15, -0.1) is 11.3 Å². The summed E-state index contributed by atoms with van der Waals surface area (Å²) >= 11 is 1.68. The van der Waals surface area contributed by atoms with E-state index in [2.05, 4.69) is 22.4 Å². The van der Waals surface area contributed by atoms with Gasteiger partial charge in [-0.2, -0.15) is 0 Å². The summed E-state index contributed by atoms with van der Waals surface area (Å²) in [6, 6.07) is 18.1. The lowest BCUT2D eigenvalue weighted by Crippen LogP contribution is -2.51. The molecule has 1 fully saturated rings. The molecule has 2 heterocycles. The number of aromatic nitrogens is 1. The molecular weight excluding hydrogens is 394 g/mol. The fraction of sp³-hybridized carbons (Fsp3) is 0.333. The van der Waals surface area contributed by atoms with Crippen molar-refractivity contribution in [3.8, 4) is 16.3 Å². The molecule has 1 saturated heterocycles. The highest BCUT2D eigenvalue weighted by molar-refractivity contribution is 7.13. The molecule has 1 aromatic heterocycles. The zero-order chi connectivity index (χ0) is 20.9. The highest BCUT2D eigenvalue weighted by atomic mass is 32.1. The van der Waals surface area contributed by atoms with Crippen LogP contribution in [-0.4, -0.2) is 53.0 Å². The van der Waals surface area contributed by atoms with Crippen molar-refractivity contribution in [2.45, 2.75) is 26.5 Å². The van der Waals surface area contributed by atoms with Crippen LogP contribution in [0.4, 0.5) is 0 Å². The fourth-order valence-electron chi connectivity index (χ4n) is 3.58. The minimum atomic E-state index is -0.480. The molecule has 0 spiro atoms. The van der Waals surface area contributed by atoms with Gasteiger partial charge in [-0.25, -0.2) is 4.98 Å². The van der Waals surface area contributed by atoms with Crippen molar-refractivity contribution >= 4 is 17.2 Å². The van der Waals surface area contributed by atoms with E-state index in [0.717, 1.165) is 54.7 Å². The Balaban J connectivity index is 1.27. The Hall–Kier alpha value is -2.70. The lowest BCUT2D eigenvalue weighted by molar-refractivity contribution is -0.139. The molecule has 0 bridgehead atoms. The normalized spacial score (nSPS) is 15.7. The van der Waals surface area contributed by atoms with E-state index in [9.17, 15) is 4.79 Å². The number of carbonyl (C=O) groups is 1. The molecule has 30 heavy (non-hydrogen) atoms. The van der Waals surface area contributed by atoms with Gasteiger partial charge >= 0.3 is 0 Å². The average Bonchev–Trinajstić information content (AvgIpc) is 3.24. The van der Waals surface area contributed by atoms with E-state index in [0.29, 0.717) is 0 Å². The van der Waals surface area contributed by atoms with Gasteiger partial charge in [-0.1, -0.05) is 48.0 Å². The minimum Gasteiger partial charge on any atom is -0.481 e. The SMILES string of the molecule is Cc1ccc(OC(C)C(=O)N2CCN(Cc3csc(-c4ccccc4)n3)CC2)cc1. The van der Waals surface area contributed by atoms with E-state index in [1.54, 1.807) is 11.3 Å². The van der Waals surface area contributed by atoms with Crippen molar-refractivity contribution in [2.75, 3.05) is 26.2 Å². The summed E-state index contributed by atoms with van der Waals surface area (Å²) in [6.07, 6.45) is -0.480. The molecule has 1 unspecified atom stereocenters. The van der Waals surface area contributed by atoms with Gasteiger partial charge in [0.15, 0.2) is 6.10 Å². The molecule has 5 nitrogen and oxygen atoms in total. The number of thiazole rings is 1. The van der Waals surface area contributed by atoms with Gasteiger partial charge in [0.1, 0.15) is 10.8 Å². The number of benzene rings is 2. The Morgan fingerprint density at radius 3 is 2.47 bits per heavy atom. The van der Waals surface area contributed by atoms with Crippen LogP contribution in [0.25, 0.3) is 10.6 Å². The molecule has 0 saturated carbocycles. The fourth-order valence-corrected chi connectivity index (χ4v) is 4.39. The molecule has 0 radical (unpaired) electrons. The van der Waals surface area contributed by atoms with Gasteiger partial charge < -0.3 is 9.64 Å². The van der Waals surface area contributed by atoms with Gasteiger partial charge in [0.05, 0.1) is 5.69 Å². The summed E-state index contributed by atoms with van der Waals surface area (Å²) in [5.41, 5.74) is 3.43. The van der Waals surface area contributed by atoms with Crippen LogP contribution in [0.15, 0.2) is 60.0 Å². The monoisotopic (exact) mass is 421 g/mol. The minimum absolute atomic E-state index is 0.0512. The van der Waals surface area contributed by atoms with Crippen LogP contribution < -0.4 is 4.74 Å². The Bertz CT molecular complexity index is 964. The molecule has 0 aliphatic carbocycles. The van der Waals surface area contributed by atoms with E-state index < -0.39 is 6.10 Å². The lowest BCUT2D eigenvalue weighted by atomic mass is 10.2. The number of aryl methyl sites for hydroxylation is 1. The summed E-state index contributed by atoms with van der Waals surface area (Å²) < 4.78 is 5.84. The van der Waals surface area contributed by atoms with Crippen LogP contribution >= 0.6 is 11.3 Å². The van der Waals surface area contributed by atoms with E-state index >= 15 is 0 Å². The highest BCUT2D eigenvalue weighted by Crippen LogP contribution is 2.24. The summed E-state index contributed by atoms with van der Waals surface area (Å²) in [4.78, 5) is 21.8. The van der Waals surface area contributed by atoms with Crippen LogP contribution in [-0.2, 0) is 11.3 Å². The molecule has 4 rings (SSSR count). The first-order chi connectivity index (χ1) is 14.6. The number of hydrogen-bond acceptors (Lipinski definition) is 5. The third-order valence-corrected chi connectivity index (χ3v) is 6.26. The summed E-state index contributed by atoms with van der Waals surface area (Å²) in [6.45, 7) is 7.82. The van der Waals surface area contributed by atoms with Crippen molar-refractivity contribution in [3.05, 3.63) is 71.2 Å². The molecule has 1 aliphatic heterocycles. The van der Waals surface area contributed by atoms with Gasteiger partial charge in [0.2, 0.25) is 0 Å². The number of amides is 1. The van der Waals surface area contributed by atoms with Gasteiger partial charge in [-0.3, -0.25) is 9.69 Å². The van der Waals surface area contributed by atoms with Gasteiger partial charge in [-0.05, 0) is 26.0 Å². The second-order valence-corrected chi connectivity index (χ2v) is 8.54. The topological polar surface area (TPSA) is 45.7 Å². The van der Waals surface area contributed by atoms with Crippen LogP contribution in [0.3, 0.4) is 0 Å². The van der Waals surface area contributed by atoms with Crippen molar-refractivity contribution in [3.63, 3.8) is 0 Å². The first-order valence-electron chi connectivity index (χ1n) is 10.3. The van der Waals surface area contributed by atoms with Crippen molar-refractivity contribution < 1.29 is 9.53 Å². The molecule has 3 aromatic rings. The van der Waals surface area contributed by atoms with Crippen molar-refractivity contribution in [1.82, 2.24) is 14.8 Å². The predicted molar refractivity (Wildman–Crippen MR) is 121 cm³/mol. The number of hydrogen-bond donors (Lipinski definition) is 0. The third kappa shape index (κ3) is 5.07. The Morgan fingerprint density at radius 2 is 1.77 bits per heavy atom. The first-order valence-corrected chi connectivity index (χ1v) is 11.2. The summed E-state index contributed by atoms with van der Waals surface area (Å²) in [5, 5.41) is 3.19. The molecule has 1 amide bonds. The smallest absolute Gasteiger partial charge is 0.263 e. The van der Waals surface area contributed by atoms with E-state index in [1.807, 2.05) is 61.2 Å².